The average molecular weight is 529 g/mol. The average Bonchev–Trinajstić information content (AvgIpc) is 3.42. The van der Waals surface area contributed by atoms with E-state index in [0.29, 0.717) is 24.5 Å². The number of anilines is 1. The van der Waals surface area contributed by atoms with Gasteiger partial charge in [-0.05, 0) is 77.2 Å². The first kappa shape index (κ1) is 25.1. The van der Waals surface area contributed by atoms with E-state index in [9.17, 15) is 9.59 Å². The smallest absolute Gasteiger partial charge is 0.255 e. The highest BCUT2D eigenvalue weighted by Crippen LogP contribution is 2.28. The second-order valence-electron chi connectivity index (χ2n) is 9.94. The SMILES string of the molecule is Cc1cc2c(N)nccc2c(C)c1CNC(=O)c1cnn(Cc2ccc3c(-n4ccccc4=O)cccc3c2)c1. The molecule has 0 radical (unpaired) electrons. The lowest BCUT2D eigenvalue weighted by Gasteiger charge is -2.14. The number of nitrogens with one attached hydrogen (secondary N) is 1. The van der Waals surface area contributed by atoms with Crippen molar-refractivity contribution >= 4 is 33.3 Å². The number of carbonyl (C=O) groups is 1. The molecule has 0 aliphatic heterocycles. The van der Waals surface area contributed by atoms with E-state index in [0.717, 1.165) is 49.5 Å². The van der Waals surface area contributed by atoms with Gasteiger partial charge in [0.25, 0.3) is 11.5 Å². The number of benzene rings is 3. The van der Waals surface area contributed by atoms with E-state index in [1.165, 1.54) is 0 Å². The van der Waals surface area contributed by atoms with Gasteiger partial charge in [0.1, 0.15) is 5.82 Å². The van der Waals surface area contributed by atoms with Gasteiger partial charge in [0.05, 0.1) is 24.0 Å². The highest BCUT2D eigenvalue weighted by molar-refractivity contribution is 5.96. The van der Waals surface area contributed by atoms with Gasteiger partial charge < -0.3 is 11.1 Å². The van der Waals surface area contributed by atoms with Gasteiger partial charge in [0, 0.05) is 42.0 Å². The standard InChI is InChI=1S/C32H28N6O2/c1-20-14-27-25(11-12-34-31(27)33)21(2)28(20)17-35-32(40)24-16-36-37(19-24)18-22-9-10-26-23(15-22)6-5-7-29(26)38-13-4-3-8-30(38)39/h3-16,19H,17-18H2,1-2H3,(H2,33,34)(H,35,40). The van der Waals surface area contributed by atoms with E-state index < -0.39 is 0 Å². The molecule has 0 fully saturated rings. The van der Waals surface area contributed by atoms with Gasteiger partial charge in [-0.2, -0.15) is 5.10 Å². The number of amides is 1. The van der Waals surface area contributed by atoms with Gasteiger partial charge in [0.2, 0.25) is 0 Å². The summed E-state index contributed by atoms with van der Waals surface area (Å²) < 4.78 is 3.40. The number of rotatable bonds is 6. The Hall–Kier alpha value is -5.24. The second-order valence-corrected chi connectivity index (χ2v) is 9.94. The van der Waals surface area contributed by atoms with Crippen LogP contribution in [0, 0.1) is 13.8 Å². The summed E-state index contributed by atoms with van der Waals surface area (Å²) in [4.78, 5) is 29.5. The van der Waals surface area contributed by atoms with Crippen LogP contribution in [-0.2, 0) is 13.1 Å². The van der Waals surface area contributed by atoms with E-state index in [4.69, 9.17) is 5.73 Å². The van der Waals surface area contributed by atoms with Crippen molar-refractivity contribution in [1.82, 2.24) is 24.6 Å². The molecule has 6 aromatic rings. The molecule has 3 aromatic heterocycles. The van der Waals surface area contributed by atoms with Crippen LogP contribution in [0.4, 0.5) is 5.82 Å². The maximum absolute atomic E-state index is 13.0. The van der Waals surface area contributed by atoms with Gasteiger partial charge in [-0.1, -0.05) is 30.3 Å². The molecule has 198 valence electrons. The fraction of sp³-hybridized carbons (Fsp3) is 0.125. The van der Waals surface area contributed by atoms with Crippen LogP contribution in [0.3, 0.4) is 0 Å². The number of fused-ring (bicyclic) bond motifs is 2. The van der Waals surface area contributed by atoms with Gasteiger partial charge in [0.15, 0.2) is 0 Å². The number of pyridine rings is 2. The third-order valence-corrected chi connectivity index (χ3v) is 7.38. The van der Waals surface area contributed by atoms with Crippen LogP contribution in [0.5, 0.6) is 0 Å². The number of aromatic nitrogens is 4. The molecule has 0 saturated heterocycles. The molecule has 3 aromatic carbocycles. The minimum atomic E-state index is -0.184. The van der Waals surface area contributed by atoms with Crippen LogP contribution in [0.15, 0.2) is 96.3 Å². The highest BCUT2D eigenvalue weighted by atomic mass is 16.1. The first-order valence-corrected chi connectivity index (χ1v) is 13.0. The number of hydrogen-bond acceptors (Lipinski definition) is 5. The summed E-state index contributed by atoms with van der Waals surface area (Å²) in [5.41, 5.74) is 11.6. The van der Waals surface area contributed by atoms with Gasteiger partial charge in [-0.25, -0.2) is 4.98 Å². The summed E-state index contributed by atoms with van der Waals surface area (Å²) in [5, 5.41) is 11.4. The third-order valence-electron chi connectivity index (χ3n) is 7.38. The van der Waals surface area contributed by atoms with Crippen LogP contribution >= 0.6 is 0 Å². The molecule has 0 aliphatic carbocycles. The fourth-order valence-electron chi connectivity index (χ4n) is 5.28. The molecule has 1 amide bonds. The Balaban J connectivity index is 1.18. The van der Waals surface area contributed by atoms with Crippen molar-refractivity contribution in [3.63, 3.8) is 0 Å². The quantitative estimate of drug-likeness (QED) is 0.319. The minimum Gasteiger partial charge on any atom is -0.383 e. The van der Waals surface area contributed by atoms with Crippen molar-refractivity contribution in [2.45, 2.75) is 26.9 Å². The molecular weight excluding hydrogens is 500 g/mol. The van der Waals surface area contributed by atoms with E-state index in [2.05, 4.69) is 21.5 Å². The van der Waals surface area contributed by atoms with Crippen molar-refractivity contribution in [2.75, 3.05) is 5.73 Å². The molecule has 6 rings (SSSR count). The zero-order valence-corrected chi connectivity index (χ0v) is 22.3. The first-order chi connectivity index (χ1) is 19.4. The van der Waals surface area contributed by atoms with Crippen molar-refractivity contribution < 1.29 is 4.79 Å². The summed E-state index contributed by atoms with van der Waals surface area (Å²) in [5.74, 6) is 0.320. The molecule has 8 heteroatoms. The summed E-state index contributed by atoms with van der Waals surface area (Å²) in [6.45, 7) is 4.97. The molecule has 40 heavy (non-hydrogen) atoms. The Kier molecular flexibility index (Phi) is 6.36. The summed E-state index contributed by atoms with van der Waals surface area (Å²) >= 11 is 0. The molecule has 0 bridgehead atoms. The summed E-state index contributed by atoms with van der Waals surface area (Å²) in [6.07, 6.45) is 6.82. The van der Waals surface area contributed by atoms with Crippen molar-refractivity contribution in [2.24, 2.45) is 0 Å². The Morgan fingerprint density at radius 3 is 2.70 bits per heavy atom. The molecule has 0 spiro atoms. The molecule has 0 unspecified atom stereocenters. The molecule has 0 atom stereocenters. The summed E-state index contributed by atoms with van der Waals surface area (Å²) in [7, 11) is 0. The van der Waals surface area contributed by atoms with Crippen LogP contribution in [0.2, 0.25) is 0 Å². The number of hydrogen-bond donors (Lipinski definition) is 2. The number of aryl methyl sites for hydroxylation is 2. The number of nitrogens with two attached hydrogens (primary N) is 1. The molecule has 3 N–H and O–H groups in total. The normalized spacial score (nSPS) is 11.2. The molecular formula is C32H28N6O2. The van der Waals surface area contributed by atoms with Crippen LogP contribution in [0.1, 0.15) is 32.6 Å². The van der Waals surface area contributed by atoms with Crippen molar-refractivity contribution in [1.29, 1.82) is 0 Å². The monoisotopic (exact) mass is 528 g/mol. The minimum absolute atomic E-state index is 0.0747. The third kappa shape index (κ3) is 4.60. The summed E-state index contributed by atoms with van der Waals surface area (Å²) in [6, 6.07) is 21.2. The predicted octanol–water partition coefficient (Wildman–Crippen LogP) is 4.91. The fourth-order valence-corrected chi connectivity index (χ4v) is 5.28. The van der Waals surface area contributed by atoms with Gasteiger partial charge in [-0.15, -0.1) is 0 Å². The van der Waals surface area contributed by atoms with Crippen LogP contribution < -0.4 is 16.6 Å². The number of carbonyl (C=O) groups excluding carboxylic acids is 1. The maximum atomic E-state index is 13.0. The van der Waals surface area contributed by atoms with Gasteiger partial charge in [-0.3, -0.25) is 18.8 Å². The zero-order chi connectivity index (χ0) is 27.8. The molecule has 0 aliphatic rings. The number of nitrogen functional groups attached to an aromatic ring is 1. The van der Waals surface area contributed by atoms with Crippen LogP contribution in [-0.4, -0.2) is 25.2 Å². The lowest BCUT2D eigenvalue weighted by Crippen LogP contribution is -2.23. The Labute approximate surface area is 230 Å². The number of nitrogens with zero attached hydrogens (tertiary/aromatic N) is 4. The first-order valence-electron chi connectivity index (χ1n) is 13.0. The van der Waals surface area contributed by atoms with E-state index in [1.54, 1.807) is 46.2 Å². The largest absolute Gasteiger partial charge is 0.383 e. The lowest BCUT2D eigenvalue weighted by atomic mass is 9.96. The van der Waals surface area contributed by atoms with Crippen LogP contribution in [0.25, 0.3) is 27.2 Å². The molecule has 3 heterocycles. The lowest BCUT2D eigenvalue weighted by molar-refractivity contribution is 0.0950. The predicted molar refractivity (Wildman–Crippen MR) is 158 cm³/mol. The Morgan fingerprint density at radius 1 is 0.975 bits per heavy atom. The maximum Gasteiger partial charge on any atom is 0.255 e. The topological polar surface area (TPSA) is 108 Å². The van der Waals surface area contributed by atoms with E-state index in [-0.39, 0.29) is 11.5 Å². The van der Waals surface area contributed by atoms with Gasteiger partial charge >= 0.3 is 0 Å². The zero-order valence-electron chi connectivity index (χ0n) is 22.3. The Morgan fingerprint density at radius 2 is 1.85 bits per heavy atom. The van der Waals surface area contributed by atoms with Crippen molar-refractivity contribution in [3.05, 3.63) is 130 Å². The highest BCUT2D eigenvalue weighted by Gasteiger charge is 2.14. The molecule has 0 saturated carbocycles. The van der Waals surface area contributed by atoms with Crippen molar-refractivity contribution in [3.8, 4) is 5.69 Å². The van der Waals surface area contributed by atoms with E-state index in [1.807, 2.05) is 62.4 Å². The second kappa shape index (κ2) is 10.1. The molecule has 8 nitrogen and oxygen atoms in total. The Bertz CT molecular complexity index is 1970. The van der Waals surface area contributed by atoms with E-state index >= 15 is 0 Å².